The Labute approximate surface area is 202 Å². The molecule has 0 radical (unpaired) electrons. The molecule has 34 heavy (non-hydrogen) atoms. The molecule has 1 aliphatic heterocycles. The molecule has 1 aromatic heterocycles. The maximum Gasteiger partial charge on any atom is 0.230 e. The number of carbonyl (C=O) groups is 1. The number of rotatable bonds is 8. The number of pyridine rings is 1. The smallest absolute Gasteiger partial charge is 0.230 e. The van der Waals surface area contributed by atoms with Crippen molar-refractivity contribution in [3.63, 3.8) is 0 Å². The summed E-state index contributed by atoms with van der Waals surface area (Å²) in [6, 6.07) is 6.87. The third-order valence-corrected chi connectivity index (χ3v) is 5.65. The van der Waals surface area contributed by atoms with E-state index in [-0.39, 0.29) is 38.7 Å². The van der Waals surface area contributed by atoms with Gasteiger partial charge in [-0.2, -0.15) is 0 Å². The van der Waals surface area contributed by atoms with Crippen LogP contribution in [-0.2, 0) is 11.2 Å². The number of dihydropyridines is 1. The van der Waals surface area contributed by atoms with E-state index < -0.39 is 5.82 Å². The lowest BCUT2D eigenvalue weighted by molar-refractivity contribution is -0.115. The molecule has 1 aromatic carbocycles. The Hall–Kier alpha value is -3.55. The Morgan fingerprint density at radius 1 is 1.26 bits per heavy atom. The summed E-state index contributed by atoms with van der Waals surface area (Å²) in [5.41, 5.74) is 3.37. The molecule has 2 heterocycles. The molecule has 0 bridgehead atoms. The van der Waals surface area contributed by atoms with Crippen molar-refractivity contribution in [2.45, 2.75) is 40.2 Å². The van der Waals surface area contributed by atoms with Gasteiger partial charge in [0.25, 0.3) is 0 Å². The quantitative estimate of drug-likeness (QED) is 0.542. The van der Waals surface area contributed by atoms with E-state index in [1.807, 2.05) is 20.2 Å². The van der Waals surface area contributed by atoms with Crippen molar-refractivity contribution < 1.29 is 16.4 Å². The van der Waals surface area contributed by atoms with Crippen LogP contribution in [0.3, 0.4) is 0 Å². The van der Waals surface area contributed by atoms with E-state index in [4.69, 9.17) is 0 Å². The van der Waals surface area contributed by atoms with Crippen LogP contribution in [0, 0.1) is 24.5 Å². The normalized spacial score (nSPS) is 17.3. The number of carbonyl (C=O) groups excluding carboxylic acids is 1. The molecule has 1 aliphatic rings. The lowest BCUT2D eigenvalue weighted by atomic mass is 10.0. The molecule has 0 aliphatic carbocycles. The van der Waals surface area contributed by atoms with Crippen molar-refractivity contribution in [2.75, 3.05) is 18.9 Å². The van der Waals surface area contributed by atoms with Crippen LogP contribution in [0.5, 0.6) is 0 Å². The molecule has 3 rings (SSSR count). The van der Waals surface area contributed by atoms with Crippen LogP contribution in [-0.4, -0.2) is 35.6 Å². The number of aryl methyl sites for hydroxylation is 1. The molecule has 2 atom stereocenters. The number of benzene rings is 1. The first kappa shape index (κ1) is 25.1. The standard InChI is InChI=1S/C26H31F2N5O.2H2/c1-6-33(5)15-25-16(2)11-21(14-29-25)30-17(3)22-12-19(8-10-24(22)28)32-26(34)13-20-7-9-23(27)18(4)31-20;;/h7-12,14-17,30H,6,13H2,1-5H3,(H,32,34);2*1H/b25-15+;;/t16?,17-;;/m0../s1. The number of nitrogens with one attached hydrogen (secondary N) is 2. The molecule has 0 saturated heterocycles. The molecule has 0 fully saturated rings. The average molecular weight is 472 g/mol. The third-order valence-electron chi connectivity index (χ3n) is 5.65. The number of aromatic nitrogens is 1. The number of anilines is 1. The molecular formula is C26H35F2N5O. The van der Waals surface area contributed by atoms with Gasteiger partial charge >= 0.3 is 0 Å². The highest BCUT2D eigenvalue weighted by Crippen LogP contribution is 2.25. The third kappa shape index (κ3) is 6.50. The SMILES string of the molecule is CCN(C)/C=C1/N=CC(N[C@@H](C)c2cc(NC(=O)Cc3ccc(F)c(C)n3)ccc2F)=CC1C.[HH].[HH]. The van der Waals surface area contributed by atoms with Crippen molar-refractivity contribution in [1.29, 1.82) is 0 Å². The predicted octanol–water partition coefficient (Wildman–Crippen LogP) is 5.39. The van der Waals surface area contributed by atoms with Gasteiger partial charge in [0.1, 0.15) is 11.6 Å². The van der Waals surface area contributed by atoms with E-state index >= 15 is 0 Å². The van der Waals surface area contributed by atoms with E-state index in [2.05, 4.69) is 45.4 Å². The highest BCUT2D eigenvalue weighted by atomic mass is 19.1. The van der Waals surface area contributed by atoms with Gasteiger partial charge in [-0.15, -0.1) is 0 Å². The lowest BCUT2D eigenvalue weighted by Gasteiger charge is -2.22. The minimum absolute atomic E-state index is 0. The fourth-order valence-electron chi connectivity index (χ4n) is 3.56. The molecule has 2 N–H and O–H groups in total. The van der Waals surface area contributed by atoms with Crippen molar-refractivity contribution in [3.05, 3.63) is 82.6 Å². The molecule has 1 unspecified atom stereocenters. The van der Waals surface area contributed by atoms with Gasteiger partial charge < -0.3 is 15.5 Å². The van der Waals surface area contributed by atoms with Gasteiger partial charge in [-0.1, -0.05) is 13.0 Å². The van der Waals surface area contributed by atoms with Gasteiger partial charge in [0.2, 0.25) is 5.91 Å². The zero-order chi connectivity index (χ0) is 24.8. The zero-order valence-electron chi connectivity index (χ0n) is 20.2. The van der Waals surface area contributed by atoms with E-state index in [1.54, 1.807) is 19.2 Å². The number of hydrogen-bond donors (Lipinski definition) is 2. The highest BCUT2D eigenvalue weighted by molar-refractivity contribution is 5.92. The second-order valence-electron chi connectivity index (χ2n) is 8.49. The molecule has 0 spiro atoms. The Bertz CT molecular complexity index is 1150. The van der Waals surface area contributed by atoms with Crippen LogP contribution in [0.1, 0.15) is 46.6 Å². The van der Waals surface area contributed by atoms with Crippen LogP contribution in [0.2, 0.25) is 0 Å². The van der Waals surface area contributed by atoms with Crippen molar-refractivity contribution >= 4 is 17.8 Å². The van der Waals surface area contributed by atoms with Crippen LogP contribution in [0.25, 0.3) is 0 Å². The topological polar surface area (TPSA) is 69.6 Å². The molecule has 8 heteroatoms. The number of nitrogens with zero attached hydrogens (tertiary/aromatic N) is 3. The van der Waals surface area contributed by atoms with Gasteiger partial charge in [0, 0.05) is 45.5 Å². The minimum Gasteiger partial charge on any atom is -0.379 e. The largest absolute Gasteiger partial charge is 0.379 e. The maximum absolute atomic E-state index is 14.6. The van der Waals surface area contributed by atoms with Gasteiger partial charge in [-0.05, 0) is 51.1 Å². The minimum atomic E-state index is -0.415. The molecule has 184 valence electrons. The second-order valence-corrected chi connectivity index (χ2v) is 8.49. The number of aliphatic imine (C=N–C) groups is 1. The first-order valence-electron chi connectivity index (χ1n) is 11.3. The van der Waals surface area contributed by atoms with Crippen molar-refractivity contribution in [3.8, 4) is 0 Å². The Morgan fingerprint density at radius 2 is 2.00 bits per heavy atom. The molecule has 6 nitrogen and oxygen atoms in total. The Morgan fingerprint density at radius 3 is 2.68 bits per heavy atom. The summed E-state index contributed by atoms with van der Waals surface area (Å²) in [6.45, 7) is 8.43. The Kier molecular flexibility index (Phi) is 8.15. The lowest BCUT2D eigenvalue weighted by Crippen LogP contribution is -2.23. The second kappa shape index (κ2) is 11.0. The number of halogens is 2. The summed E-state index contributed by atoms with van der Waals surface area (Å²) in [4.78, 5) is 23.1. The fraction of sp³-hybridized carbons (Fsp3) is 0.346. The summed E-state index contributed by atoms with van der Waals surface area (Å²) in [7, 11) is 2.00. The summed E-state index contributed by atoms with van der Waals surface area (Å²) in [5, 5.41) is 6.07. The summed E-state index contributed by atoms with van der Waals surface area (Å²) >= 11 is 0. The number of amides is 1. The van der Waals surface area contributed by atoms with Crippen molar-refractivity contribution in [2.24, 2.45) is 10.9 Å². The van der Waals surface area contributed by atoms with Crippen LogP contribution < -0.4 is 10.6 Å². The maximum atomic E-state index is 14.6. The Balaban J connectivity index is 0.00000324. The highest BCUT2D eigenvalue weighted by Gasteiger charge is 2.17. The summed E-state index contributed by atoms with van der Waals surface area (Å²) in [5.74, 6) is -0.987. The van der Waals surface area contributed by atoms with Crippen molar-refractivity contribution in [1.82, 2.24) is 15.2 Å². The number of allylic oxidation sites excluding steroid dienone is 2. The summed E-state index contributed by atoms with van der Waals surface area (Å²) < 4.78 is 28.0. The number of hydrogen-bond acceptors (Lipinski definition) is 5. The molecular weight excluding hydrogens is 436 g/mol. The van der Waals surface area contributed by atoms with E-state index in [0.29, 0.717) is 16.9 Å². The predicted molar refractivity (Wildman–Crippen MR) is 136 cm³/mol. The first-order valence-corrected chi connectivity index (χ1v) is 11.3. The van der Waals surface area contributed by atoms with Gasteiger partial charge in [-0.3, -0.25) is 14.8 Å². The average Bonchev–Trinajstić information content (AvgIpc) is 2.79. The van der Waals surface area contributed by atoms with E-state index in [9.17, 15) is 13.6 Å². The molecule has 1 amide bonds. The van der Waals surface area contributed by atoms with Crippen LogP contribution in [0.15, 0.2) is 59.0 Å². The molecule has 0 saturated carbocycles. The van der Waals surface area contributed by atoms with Gasteiger partial charge in [0.15, 0.2) is 0 Å². The first-order chi connectivity index (χ1) is 16.2. The van der Waals surface area contributed by atoms with E-state index in [0.717, 1.165) is 17.9 Å². The fourth-order valence-corrected chi connectivity index (χ4v) is 3.56. The zero-order valence-corrected chi connectivity index (χ0v) is 20.2. The van der Waals surface area contributed by atoms with Gasteiger partial charge in [-0.25, -0.2) is 8.78 Å². The van der Waals surface area contributed by atoms with E-state index in [1.165, 1.54) is 24.3 Å². The van der Waals surface area contributed by atoms with Crippen LogP contribution >= 0.6 is 0 Å². The van der Waals surface area contributed by atoms with Crippen LogP contribution in [0.4, 0.5) is 14.5 Å². The molecule has 2 aromatic rings. The monoisotopic (exact) mass is 471 g/mol. The summed E-state index contributed by atoms with van der Waals surface area (Å²) in [6.07, 6.45) is 5.81. The van der Waals surface area contributed by atoms with Gasteiger partial charge in [0.05, 0.1) is 35.8 Å².